The van der Waals surface area contributed by atoms with E-state index in [-0.39, 0.29) is 5.97 Å². The molecule has 0 spiro atoms. The quantitative estimate of drug-likeness (QED) is 0.626. The lowest BCUT2D eigenvalue weighted by Crippen LogP contribution is -2.36. The molecule has 0 fully saturated rings. The fraction of sp³-hybridized carbons (Fsp3) is 0.333. The summed E-state index contributed by atoms with van der Waals surface area (Å²) in [6.07, 6.45) is 0.815. The summed E-state index contributed by atoms with van der Waals surface area (Å²) in [7, 11) is 0. The van der Waals surface area contributed by atoms with Gasteiger partial charge in [0.25, 0.3) is 0 Å². The zero-order chi connectivity index (χ0) is 18.1. The predicted molar refractivity (Wildman–Crippen MR) is 104 cm³/mol. The number of rotatable bonds is 4. The first-order valence-corrected chi connectivity index (χ1v) is 9.68. The average Bonchev–Trinajstić information content (AvgIpc) is 2.99. The van der Waals surface area contributed by atoms with Gasteiger partial charge in [-0.15, -0.1) is 0 Å². The predicted octanol–water partition coefficient (Wildman–Crippen LogP) is 5.54. The molecule has 1 aromatic rings. The van der Waals surface area contributed by atoms with E-state index in [0.29, 0.717) is 27.9 Å². The standard InChI is InChI=1S/C18H18Cl2N2O2S/c1-4-11-9-25-18-21-10(3)14(17(23)24-5-2)16(22(11)18)12-7-6-8-13(19)15(12)20/h6-9,16H,4-5H2,1-3H3/t16-/m0/s1. The van der Waals surface area contributed by atoms with Gasteiger partial charge in [0.15, 0.2) is 5.17 Å². The molecule has 0 saturated carbocycles. The second kappa shape index (κ2) is 7.44. The topological polar surface area (TPSA) is 41.9 Å². The molecule has 0 amide bonds. The van der Waals surface area contributed by atoms with Crippen LogP contribution in [0.15, 0.2) is 45.6 Å². The number of ether oxygens (including phenoxy) is 1. The number of aliphatic imine (C=N–C) groups is 1. The molecule has 1 aromatic carbocycles. The van der Waals surface area contributed by atoms with Crippen molar-refractivity contribution >= 4 is 46.1 Å². The van der Waals surface area contributed by atoms with E-state index in [9.17, 15) is 4.79 Å². The van der Waals surface area contributed by atoms with Crippen LogP contribution in [-0.4, -0.2) is 22.6 Å². The van der Waals surface area contributed by atoms with Gasteiger partial charge >= 0.3 is 5.97 Å². The van der Waals surface area contributed by atoms with Crippen LogP contribution in [0.5, 0.6) is 0 Å². The van der Waals surface area contributed by atoms with Gasteiger partial charge in [-0.2, -0.15) is 0 Å². The number of hydrogen-bond acceptors (Lipinski definition) is 5. The van der Waals surface area contributed by atoms with Gasteiger partial charge in [-0.1, -0.05) is 54.0 Å². The molecule has 132 valence electrons. The Morgan fingerprint density at radius 2 is 2.12 bits per heavy atom. The first kappa shape index (κ1) is 18.4. The van der Waals surface area contributed by atoms with Crippen LogP contribution in [0.2, 0.25) is 10.0 Å². The molecule has 0 aromatic heterocycles. The number of carbonyl (C=O) groups excluding carboxylic acids is 1. The van der Waals surface area contributed by atoms with E-state index in [2.05, 4.69) is 22.2 Å². The van der Waals surface area contributed by atoms with E-state index in [0.717, 1.165) is 22.8 Å². The number of nitrogens with zero attached hydrogens (tertiary/aromatic N) is 2. The van der Waals surface area contributed by atoms with Gasteiger partial charge in [0, 0.05) is 5.70 Å². The molecular formula is C18H18Cl2N2O2S. The summed E-state index contributed by atoms with van der Waals surface area (Å²) >= 11 is 14.3. The Morgan fingerprint density at radius 3 is 2.80 bits per heavy atom. The summed E-state index contributed by atoms with van der Waals surface area (Å²) in [5.41, 5.74) is 2.99. The Hall–Kier alpha value is -1.43. The summed E-state index contributed by atoms with van der Waals surface area (Å²) in [5.74, 6) is -0.379. The van der Waals surface area contributed by atoms with Crippen LogP contribution >= 0.6 is 35.0 Å². The molecule has 2 aliphatic heterocycles. The molecule has 4 nitrogen and oxygen atoms in total. The molecule has 0 bridgehead atoms. The minimum atomic E-state index is -0.404. The highest BCUT2D eigenvalue weighted by Gasteiger charge is 2.41. The first-order chi connectivity index (χ1) is 12.0. The van der Waals surface area contributed by atoms with Crippen molar-refractivity contribution in [2.45, 2.75) is 33.2 Å². The van der Waals surface area contributed by atoms with Gasteiger partial charge in [-0.3, -0.25) is 0 Å². The van der Waals surface area contributed by atoms with Gasteiger partial charge in [-0.25, -0.2) is 9.79 Å². The monoisotopic (exact) mass is 396 g/mol. The van der Waals surface area contributed by atoms with Gasteiger partial charge in [0.05, 0.1) is 34.0 Å². The number of allylic oxidation sites excluding steroid dienone is 2. The van der Waals surface area contributed by atoms with Crippen molar-refractivity contribution in [2.75, 3.05) is 6.61 Å². The first-order valence-electron chi connectivity index (χ1n) is 8.05. The van der Waals surface area contributed by atoms with Gasteiger partial charge < -0.3 is 9.64 Å². The van der Waals surface area contributed by atoms with E-state index >= 15 is 0 Å². The van der Waals surface area contributed by atoms with Crippen LogP contribution in [0.4, 0.5) is 0 Å². The Morgan fingerprint density at radius 1 is 1.36 bits per heavy atom. The van der Waals surface area contributed by atoms with E-state index < -0.39 is 6.04 Å². The molecule has 25 heavy (non-hydrogen) atoms. The van der Waals surface area contributed by atoms with Gasteiger partial charge in [-0.05, 0) is 37.3 Å². The maximum Gasteiger partial charge on any atom is 0.338 e. The number of benzene rings is 1. The second-order valence-corrected chi connectivity index (χ2v) is 7.23. The number of hydrogen-bond donors (Lipinski definition) is 0. The highest BCUT2D eigenvalue weighted by molar-refractivity contribution is 8.16. The van der Waals surface area contributed by atoms with Crippen LogP contribution in [-0.2, 0) is 9.53 Å². The molecule has 0 N–H and O–H groups in total. The van der Waals surface area contributed by atoms with Crippen LogP contribution in [0.3, 0.4) is 0 Å². The summed E-state index contributed by atoms with van der Waals surface area (Å²) in [4.78, 5) is 19.4. The highest BCUT2D eigenvalue weighted by atomic mass is 35.5. The molecule has 2 aliphatic rings. The molecule has 0 radical (unpaired) electrons. The van der Waals surface area contributed by atoms with Crippen molar-refractivity contribution in [2.24, 2.45) is 4.99 Å². The number of thioether (sulfide) groups is 1. The third-order valence-corrected chi connectivity index (χ3v) is 5.86. The summed E-state index contributed by atoms with van der Waals surface area (Å²) in [6, 6.07) is 5.07. The lowest BCUT2D eigenvalue weighted by Gasteiger charge is -2.36. The zero-order valence-corrected chi connectivity index (χ0v) is 16.5. The Balaban J connectivity index is 2.20. The lowest BCUT2D eigenvalue weighted by atomic mass is 9.94. The molecule has 0 unspecified atom stereocenters. The summed E-state index contributed by atoms with van der Waals surface area (Å²) in [6.45, 7) is 5.98. The van der Waals surface area contributed by atoms with Crippen LogP contribution in [0, 0.1) is 0 Å². The van der Waals surface area contributed by atoms with E-state index in [1.165, 1.54) is 0 Å². The largest absolute Gasteiger partial charge is 0.463 e. The third-order valence-electron chi connectivity index (χ3n) is 4.13. The normalized spacial score (nSPS) is 19.6. The van der Waals surface area contributed by atoms with Gasteiger partial charge in [0.1, 0.15) is 0 Å². The molecule has 0 saturated heterocycles. The lowest BCUT2D eigenvalue weighted by molar-refractivity contribution is -0.139. The zero-order valence-electron chi connectivity index (χ0n) is 14.2. The maximum atomic E-state index is 12.7. The van der Waals surface area contributed by atoms with Crippen molar-refractivity contribution < 1.29 is 9.53 Å². The summed E-state index contributed by atoms with van der Waals surface area (Å²) in [5, 5.41) is 3.80. The third kappa shape index (κ3) is 3.21. The number of amidine groups is 1. The number of esters is 1. The number of halogens is 2. The van der Waals surface area contributed by atoms with E-state index in [4.69, 9.17) is 27.9 Å². The number of fused-ring (bicyclic) bond motifs is 1. The van der Waals surface area contributed by atoms with Crippen molar-refractivity contribution in [1.29, 1.82) is 0 Å². The Labute approximate surface area is 161 Å². The minimum absolute atomic E-state index is 0.299. The summed E-state index contributed by atoms with van der Waals surface area (Å²) < 4.78 is 5.30. The minimum Gasteiger partial charge on any atom is -0.463 e. The Bertz CT molecular complexity index is 817. The second-order valence-electron chi connectivity index (χ2n) is 5.61. The highest BCUT2D eigenvalue weighted by Crippen LogP contribution is 2.47. The fourth-order valence-corrected chi connectivity index (χ4v) is 4.45. The van der Waals surface area contributed by atoms with Gasteiger partial charge in [0.2, 0.25) is 0 Å². The van der Waals surface area contributed by atoms with Crippen molar-refractivity contribution in [1.82, 2.24) is 4.90 Å². The fourth-order valence-electron chi connectivity index (χ4n) is 2.99. The van der Waals surface area contributed by atoms with E-state index in [1.54, 1.807) is 24.8 Å². The Kier molecular flexibility index (Phi) is 5.46. The molecule has 0 aliphatic carbocycles. The average molecular weight is 397 g/mol. The van der Waals surface area contributed by atoms with Crippen LogP contribution < -0.4 is 0 Å². The van der Waals surface area contributed by atoms with E-state index in [1.807, 2.05) is 19.1 Å². The van der Waals surface area contributed by atoms with Crippen molar-refractivity contribution in [3.8, 4) is 0 Å². The maximum absolute atomic E-state index is 12.7. The smallest absolute Gasteiger partial charge is 0.338 e. The number of carbonyl (C=O) groups is 1. The molecule has 2 heterocycles. The SMILES string of the molecule is CCOC(=O)C1=C(C)N=C2SC=C(CC)N2[C@H]1c1cccc(Cl)c1Cl. The van der Waals surface area contributed by atoms with Crippen molar-refractivity contribution in [3.05, 3.63) is 56.2 Å². The molecule has 7 heteroatoms. The van der Waals surface area contributed by atoms with Crippen LogP contribution in [0.1, 0.15) is 38.8 Å². The van der Waals surface area contributed by atoms with Crippen molar-refractivity contribution in [3.63, 3.8) is 0 Å². The molecule has 1 atom stereocenters. The molecule has 3 rings (SSSR count). The van der Waals surface area contributed by atoms with Crippen LogP contribution in [0.25, 0.3) is 0 Å². The molecular weight excluding hydrogens is 379 g/mol.